The van der Waals surface area contributed by atoms with Gasteiger partial charge in [-0.3, -0.25) is 19.4 Å². The molecule has 146 valence electrons. The molecule has 0 spiro atoms. The molecule has 6 nitrogen and oxygen atoms in total. The highest BCUT2D eigenvalue weighted by Crippen LogP contribution is 2.18. The predicted octanol–water partition coefficient (Wildman–Crippen LogP) is 3.99. The van der Waals surface area contributed by atoms with Gasteiger partial charge in [-0.05, 0) is 56.2 Å². The second-order valence-corrected chi connectivity index (χ2v) is 7.18. The van der Waals surface area contributed by atoms with E-state index in [4.69, 9.17) is 0 Å². The van der Waals surface area contributed by atoms with E-state index < -0.39 is 5.91 Å². The fraction of sp³-hybridized carbons (Fsp3) is 0.364. The number of ketones is 1. The maximum absolute atomic E-state index is 12.6. The standard InChI is InChI=1S/C22H25N3O3/c1-15(26)16-8-10-19(11-9-16)25-22(28)20-14-17(12-13-23-20)21(27)24-18-6-4-2-3-5-7-18/h8-14,18H,2-7H2,1H3,(H,24,27)(H,25,28). The van der Waals surface area contributed by atoms with Gasteiger partial charge in [0.2, 0.25) is 0 Å². The summed E-state index contributed by atoms with van der Waals surface area (Å²) in [6, 6.07) is 9.95. The number of hydrogen-bond acceptors (Lipinski definition) is 4. The number of carbonyl (C=O) groups excluding carboxylic acids is 3. The Hall–Kier alpha value is -3.02. The highest BCUT2D eigenvalue weighted by atomic mass is 16.2. The monoisotopic (exact) mass is 379 g/mol. The second kappa shape index (κ2) is 9.26. The summed E-state index contributed by atoms with van der Waals surface area (Å²) in [7, 11) is 0. The van der Waals surface area contributed by atoms with Crippen molar-refractivity contribution in [1.82, 2.24) is 10.3 Å². The minimum atomic E-state index is -0.403. The average molecular weight is 379 g/mol. The zero-order valence-electron chi connectivity index (χ0n) is 16.0. The van der Waals surface area contributed by atoms with E-state index in [0.29, 0.717) is 16.8 Å². The second-order valence-electron chi connectivity index (χ2n) is 7.18. The van der Waals surface area contributed by atoms with Gasteiger partial charge in [0, 0.05) is 29.1 Å². The van der Waals surface area contributed by atoms with Crippen molar-refractivity contribution in [3.8, 4) is 0 Å². The number of benzene rings is 1. The number of anilines is 1. The first-order chi connectivity index (χ1) is 13.5. The molecule has 1 fully saturated rings. The molecule has 1 aromatic carbocycles. The van der Waals surface area contributed by atoms with E-state index in [1.54, 1.807) is 30.3 Å². The molecule has 0 saturated heterocycles. The van der Waals surface area contributed by atoms with E-state index in [2.05, 4.69) is 15.6 Å². The van der Waals surface area contributed by atoms with Gasteiger partial charge in [0.15, 0.2) is 5.78 Å². The lowest BCUT2D eigenvalue weighted by Crippen LogP contribution is -2.34. The smallest absolute Gasteiger partial charge is 0.274 e. The van der Waals surface area contributed by atoms with Crippen molar-refractivity contribution < 1.29 is 14.4 Å². The summed E-state index contributed by atoms with van der Waals surface area (Å²) >= 11 is 0. The Labute approximate surface area is 164 Å². The molecule has 1 saturated carbocycles. The summed E-state index contributed by atoms with van der Waals surface area (Å²) in [5.74, 6) is -0.610. The van der Waals surface area contributed by atoms with Crippen LogP contribution in [-0.2, 0) is 0 Å². The third kappa shape index (κ3) is 5.25. The Bertz CT molecular complexity index is 854. The van der Waals surface area contributed by atoms with Gasteiger partial charge in [-0.2, -0.15) is 0 Å². The first-order valence-electron chi connectivity index (χ1n) is 9.72. The predicted molar refractivity (Wildman–Crippen MR) is 108 cm³/mol. The van der Waals surface area contributed by atoms with E-state index in [0.717, 1.165) is 25.7 Å². The molecule has 2 N–H and O–H groups in total. The quantitative estimate of drug-likeness (QED) is 0.607. The van der Waals surface area contributed by atoms with Crippen molar-refractivity contribution in [3.63, 3.8) is 0 Å². The number of aromatic nitrogens is 1. The largest absolute Gasteiger partial charge is 0.349 e. The number of rotatable bonds is 5. The molecule has 2 amide bonds. The molecule has 0 aliphatic heterocycles. The molecule has 28 heavy (non-hydrogen) atoms. The molecule has 1 heterocycles. The fourth-order valence-electron chi connectivity index (χ4n) is 3.37. The molecule has 1 aromatic heterocycles. The van der Waals surface area contributed by atoms with Crippen LogP contribution >= 0.6 is 0 Å². The zero-order chi connectivity index (χ0) is 19.9. The van der Waals surface area contributed by atoms with Crippen LogP contribution in [0.2, 0.25) is 0 Å². The summed E-state index contributed by atoms with van der Waals surface area (Å²) in [6.07, 6.45) is 8.18. The van der Waals surface area contributed by atoms with Crippen LogP contribution in [0.3, 0.4) is 0 Å². The lowest BCUT2D eigenvalue weighted by atomic mass is 10.1. The van der Waals surface area contributed by atoms with Crippen LogP contribution in [0.1, 0.15) is 76.7 Å². The van der Waals surface area contributed by atoms with Crippen molar-refractivity contribution in [2.75, 3.05) is 5.32 Å². The summed E-state index contributed by atoms with van der Waals surface area (Å²) < 4.78 is 0. The van der Waals surface area contributed by atoms with Gasteiger partial charge in [-0.1, -0.05) is 25.7 Å². The Morgan fingerprint density at radius 2 is 1.57 bits per heavy atom. The molecular formula is C22H25N3O3. The van der Waals surface area contributed by atoms with Crippen molar-refractivity contribution >= 4 is 23.3 Å². The van der Waals surface area contributed by atoms with E-state index in [1.165, 1.54) is 32.0 Å². The van der Waals surface area contributed by atoms with E-state index in [-0.39, 0.29) is 23.4 Å². The minimum absolute atomic E-state index is 0.0353. The zero-order valence-corrected chi connectivity index (χ0v) is 16.0. The maximum atomic E-state index is 12.6. The lowest BCUT2D eigenvalue weighted by molar-refractivity contribution is 0.0932. The van der Waals surface area contributed by atoms with E-state index in [9.17, 15) is 14.4 Å². The van der Waals surface area contributed by atoms with Crippen LogP contribution in [0.4, 0.5) is 5.69 Å². The lowest BCUT2D eigenvalue weighted by Gasteiger charge is -2.16. The van der Waals surface area contributed by atoms with Gasteiger partial charge in [0.25, 0.3) is 11.8 Å². The highest BCUT2D eigenvalue weighted by Gasteiger charge is 2.17. The van der Waals surface area contributed by atoms with Crippen molar-refractivity contribution in [2.45, 2.75) is 51.5 Å². The number of nitrogens with zero attached hydrogens (tertiary/aromatic N) is 1. The van der Waals surface area contributed by atoms with Gasteiger partial charge < -0.3 is 10.6 Å². The number of hydrogen-bond donors (Lipinski definition) is 2. The topological polar surface area (TPSA) is 88.2 Å². The molecule has 3 rings (SSSR count). The van der Waals surface area contributed by atoms with Crippen LogP contribution in [0.15, 0.2) is 42.6 Å². The van der Waals surface area contributed by atoms with Gasteiger partial charge in [0.1, 0.15) is 5.69 Å². The molecule has 2 aromatic rings. The van der Waals surface area contributed by atoms with Crippen LogP contribution < -0.4 is 10.6 Å². The van der Waals surface area contributed by atoms with Gasteiger partial charge in [0.05, 0.1) is 0 Å². The summed E-state index contributed by atoms with van der Waals surface area (Å²) in [5, 5.41) is 5.81. The van der Waals surface area contributed by atoms with Crippen LogP contribution in [0.25, 0.3) is 0 Å². The summed E-state index contributed by atoms with van der Waals surface area (Å²) in [6.45, 7) is 1.49. The first-order valence-corrected chi connectivity index (χ1v) is 9.72. The normalized spacial score (nSPS) is 14.8. The summed E-state index contributed by atoms with van der Waals surface area (Å²) in [4.78, 5) is 40.4. The van der Waals surface area contributed by atoms with Crippen LogP contribution in [0.5, 0.6) is 0 Å². The Morgan fingerprint density at radius 1 is 0.893 bits per heavy atom. The SMILES string of the molecule is CC(=O)c1ccc(NC(=O)c2cc(C(=O)NC3CCCCCC3)ccn2)cc1. The Balaban J connectivity index is 1.65. The number of Topliss-reactive ketones (excluding diaryl/α,β-unsaturated/α-hetero) is 1. The number of amides is 2. The number of nitrogens with one attached hydrogen (secondary N) is 2. The van der Waals surface area contributed by atoms with E-state index in [1.807, 2.05) is 0 Å². The first kappa shape index (κ1) is 19.7. The van der Waals surface area contributed by atoms with Crippen LogP contribution in [0, 0.1) is 0 Å². The van der Waals surface area contributed by atoms with Crippen molar-refractivity contribution in [1.29, 1.82) is 0 Å². The molecule has 0 atom stereocenters. The number of pyridine rings is 1. The van der Waals surface area contributed by atoms with E-state index >= 15 is 0 Å². The molecule has 1 aliphatic carbocycles. The van der Waals surface area contributed by atoms with Gasteiger partial charge in [-0.25, -0.2) is 0 Å². The highest BCUT2D eigenvalue weighted by molar-refractivity contribution is 6.05. The minimum Gasteiger partial charge on any atom is -0.349 e. The molecule has 0 bridgehead atoms. The third-order valence-electron chi connectivity index (χ3n) is 4.99. The van der Waals surface area contributed by atoms with Crippen molar-refractivity contribution in [3.05, 3.63) is 59.4 Å². The Morgan fingerprint density at radius 3 is 2.21 bits per heavy atom. The third-order valence-corrected chi connectivity index (χ3v) is 4.99. The molecule has 1 aliphatic rings. The average Bonchev–Trinajstić information content (AvgIpc) is 2.97. The molecular weight excluding hydrogens is 354 g/mol. The Kier molecular flexibility index (Phi) is 6.53. The van der Waals surface area contributed by atoms with Crippen LogP contribution in [-0.4, -0.2) is 28.6 Å². The van der Waals surface area contributed by atoms with Gasteiger partial charge >= 0.3 is 0 Å². The fourth-order valence-corrected chi connectivity index (χ4v) is 3.37. The number of carbonyl (C=O) groups is 3. The van der Waals surface area contributed by atoms with Gasteiger partial charge in [-0.15, -0.1) is 0 Å². The van der Waals surface area contributed by atoms with Crippen molar-refractivity contribution in [2.24, 2.45) is 0 Å². The molecule has 0 unspecified atom stereocenters. The molecule has 0 radical (unpaired) electrons. The maximum Gasteiger partial charge on any atom is 0.274 e. The molecule has 6 heteroatoms. The summed E-state index contributed by atoms with van der Waals surface area (Å²) in [5.41, 5.74) is 1.74.